The highest BCUT2D eigenvalue weighted by atomic mass is 14.5. The molecule has 7 aliphatic rings. The van der Waals surface area contributed by atoms with Crippen molar-refractivity contribution in [3.05, 3.63) is 467 Å². The van der Waals surface area contributed by atoms with Crippen LogP contribution in [0, 0.1) is 33.0 Å². The van der Waals surface area contributed by atoms with Crippen LogP contribution in [0.25, 0.3) is 87.2 Å². The van der Waals surface area contributed by atoms with Gasteiger partial charge in [0.15, 0.2) is 0 Å². The topological polar surface area (TPSA) is 0 Å². The second kappa shape index (κ2) is 37.6. The number of allylic oxidation sites excluding steroid dienone is 14. The highest BCUT2D eigenvalue weighted by Gasteiger charge is 2.51. The van der Waals surface area contributed by atoms with Gasteiger partial charge < -0.3 is 0 Å². The van der Waals surface area contributed by atoms with E-state index in [0.717, 1.165) is 6.42 Å². The number of benzene rings is 15. The largest absolute Gasteiger partial charge is 0.0795 e. The highest BCUT2D eigenvalue weighted by Crippen LogP contribution is 2.63. The van der Waals surface area contributed by atoms with Crippen LogP contribution >= 0.6 is 0 Å². The summed E-state index contributed by atoms with van der Waals surface area (Å²) in [7, 11) is 0. The molecule has 0 saturated carbocycles. The third-order valence-corrected chi connectivity index (χ3v) is 21.3. The van der Waals surface area contributed by atoms with Gasteiger partial charge in [-0.2, -0.15) is 0 Å². The Hall–Kier alpha value is -12.2. The minimum Gasteiger partial charge on any atom is -0.0795 e. The summed E-state index contributed by atoms with van der Waals surface area (Å²) in [6.45, 7) is 43.8. The van der Waals surface area contributed by atoms with Crippen molar-refractivity contribution in [2.75, 3.05) is 0 Å². The first-order chi connectivity index (χ1) is 58.7. The zero-order valence-electron chi connectivity index (χ0n) is 76.8. The number of hydrogen-bond donors (Lipinski definition) is 0. The van der Waals surface area contributed by atoms with Gasteiger partial charge in [0.1, 0.15) is 0 Å². The Balaban J connectivity index is 0.000000125. The Morgan fingerprint density at radius 1 is 0.228 bits per heavy atom. The molecule has 0 nitrogen and oxygen atoms in total. The second-order valence-corrected chi connectivity index (χ2v) is 41.3. The van der Waals surface area contributed by atoms with E-state index in [9.17, 15) is 0 Å². The van der Waals surface area contributed by atoms with Crippen molar-refractivity contribution in [3.8, 4) is 33.4 Å². The van der Waals surface area contributed by atoms with Crippen LogP contribution in [0.15, 0.2) is 422 Å². The van der Waals surface area contributed by atoms with E-state index in [4.69, 9.17) is 0 Å². The maximum absolute atomic E-state index is 2.31. The molecule has 7 aliphatic carbocycles. The average Bonchev–Trinajstić information content (AvgIpc) is 1.51. The first-order valence-corrected chi connectivity index (χ1v) is 44.4. The van der Waals surface area contributed by atoms with Gasteiger partial charge >= 0.3 is 0 Å². The smallest absolute Gasteiger partial charge is 0.0725 e. The molecule has 1 atom stereocenters. The predicted octanol–water partition coefficient (Wildman–Crippen LogP) is 35.3. The summed E-state index contributed by atoms with van der Waals surface area (Å²) in [6, 6.07) is 122. The van der Waals surface area contributed by atoms with Crippen LogP contribution in [-0.4, -0.2) is 0 Å². The van der Waals surface area contributed by atoms with E-state index in [1.807, 2.05) is 0 Å². The Labute approximate surface area is 737 Å². The molecule has 620 valence electrons. The second-order valence-electron chi connectivity index (χ2n) is 41.3. The maximum Gasteiger partial charge on any atom is 0.0725 e. The van der Waals surface area contributed by atoms with Gasteiger partial charge in [-0.1, -0.05) is 521 Å². The monoisotopic (exact) mass is 1610 g/mol. The van der Waals surface area contributed by atoms with E-state index in [1.165, 1.54) is 160 Å². The van der Waals surface area contributed by atoms with Crippen LogP contribution < -0.4 is 0 Å². The summed E-state index contributed by atoms with van der Waals surface area (Å²) >= 11 is 0. The maximum atomic E-state index is 2.31. The van der Waals surface area contributed by atoms with Gasteiger partial charge in [0.2, 0.25) is 0 Å². The summed E-state index contributed by atoms with van der Waals surface area (Å²) in [4.78, 5) is 0. The Morgan fingerprint density at radius 3 is 0.764 bits per heavy atom. The fourth-order valence-electron chi connectivity index (χ4n) is 17.2. The molecule has 0 fully saturated rings. The van der Waals surface area contributed by atoms with Crippen LogP contribution in [-0.2, 0) is 10.8 Å². The minimum atomic E-state index is -0.254. The molecule has 0 aliphatic heterocycles. The molecule has 0 bridgehead atoms. The zero-order valence-corrected chi connectivity index (χ0v) is 76.8. The Bertz CT molecular complexity index is 5630. The number of fused-ring (bicyclic) bond motifs is 21. The van der Waals surface area contributed by atoms with E-state index in [-0.39, 0.29) is 10.8 Å². The predicted molar refractivity (Wildman–Crippen MR) is 539 cm³/mol. The standard InChI is InChI=1S/C25H16.C25H18.C18H12.C16H12.C14H10.5C5H12/c1-5-13-21-17(9-1)18-10-2-6-14-22(18)25(21)23-15-7-3-11-19(23)20-12-4-8-16-24(20)25;1-3-11-19(12-4-1)25(20-13-5-2-6-14-20)23-17-9-7-15-21(23)22-16-8-10-18-24(22)25;1-2-8-14-13(7-1)15-9-3-4-11-17(15)18-12-6-5-10-16(14)18;1-3-11-7-9-13-5-2-6-14-10-8-12(4-1)15(11)16(13)14;1-2-6-12-10-14-8-4-3-7-13(14)9-11(12)5-1;5*1-5(2,3)4/h1-16H;1-18H;1-12H;1-5,7-10,15H,6H2;1-10H;5*1-4H3. The summed E-state index contributed by atoms with van der Waals surface area (Å²) in [5.41, 5.74) is 28.5. The van der Waals surface area contributed by atoms with Crippen molar-refractivity contribution in [3.63, 3.8) is 0 Å². The first kappa shape index (κ1) is 88.6. The molecule has 15 aromatic carbocycles. The summed E-state index contributed by atoms with van der Waals surface area (Å²) < 4.78 is 0. The van der Waals surface area contributed by atoms with Gasteiger partial charge in [-0.3, -0.25) is 0 Å². The zero-order chi connectivity index (χ0) is 87.5. The molecule has 0 amide bonds. The van der Waals surface area contributed by atoms with Gasteiger partial charge in [0, 0.05) is 5.92 Å². The molecule has 0 heteroatoms. The molecule has 0 saturated heterocycles. The Kier molecular flexibility index (Phi) is 27.1. The normalized spacial score (nSPS) is 14.9. The van der Waals surface area contributed by atoms with Crippen molar-refractivity contribution in [1.82, 2.24) is 0 Å². The quantitative estimate of drug-likeness (QED) is 0.120. The fraction of sp³-hybridized carbons (Fsp3) is 0.236. The van der Waals surface area contributed by atoms with E-state index in [2.05, 4.69) is 533 Å². The van der Waals surface area contributed by atoms with Crippen LogP contribution in [0.1, 0.15) is 189 Å². The van der Waals surface area contributed by atoms with Crippen molar-refractivity contribution in [1.29, 1.82) is 0 Å². The molecule has 123 heavy (non-hydrogen) atoms. The first-order valence-electron chi connectivity index (χ1n) is 44.4. The lowest BCUT2D eigenvalue weighted by molar-refractivity contribution is 0.469. The number of rotatable bonds is 2. The molecule has 0 radical (unpaired) electrons. The van der Waals surface area contributed by atoms with Gasteiger partial charge in [-0.05, 0) is 205 Å². The molecule has 1 spiro atoms. The van der Waals surface area contributed by atoms with E-state index < -0.39 is 0 Å². The molecule has 0 aromatic heterocycles. The highest BCUT2D eigenvalue weighted by molar-refractivity contribution is 6.25. The van der Waals surface area contributed by atoms with Gasteiger partial charge in [0.05, 0.1) is 10.8 Å². The number of hydrogen-bond acceptors (Lipinski definition) is 0. The Morgan fingerprint density at radius 2 is 0.472 bits per heavy atom. The third-order valence-electron chi connectivity index (χ3n) is 21.3. The summed E-state index contributed by atoms with van der Waals surface area (Å²) in [5.74, 6) is 0.509. The van der Waals surface area contributed by atoms with Gasteiger partial charge in [0.25, 0.3) is 0 Å². The van der Waals surface area contributed by atoms with Crippen LogP contribution in [0.3, 0.4) is 0 Å². The molecular weight excluding hydrogens is 1480 g/mol. The average molecular weight is 1610 g/mol. The molecule has 22 rings (SSSR count). The summed E-state index contributed by atoms with van der Waals surface area (Å²) in [6.07, 6.45) is 21.3. The van der Waals surface area contributed by atoms with E-state index in [1.54, 1.807) is 0 Å². The lowest BCUT2D eigenvalue weighted by Gasteiger charge is -2.34. The van der Waals surface area contributed by atoms with Crippen molar-refractivity contribution in [2.45, 2.75) is 156 Å². The minimum absolute atomic E-state index is 0.180. The molecular formula is C123H128. The molecule has 1 unspecified atom stereocenters. The van der Waals surface area contributed by atoms with Crippen molar-refractivity contribution < 1.29 is 0 Å². The summed E-state index contributed by atoms with van der Waals surface area (Å²) in [5, 5.41) is 13.3. The third kappa shape index (κ3) is 20.9. The fourth-order valence-corrected chi connectivity index (χ4v) is 17.2. The lowest BCUT2D eigenvalue weighted by Crippen LogP contribution is -2.28. The van der Waals surface area contributed by atoms with Gasteiger partial charge in [-0.25, -0.2) is 0 Å². The SMILES string of the molecule is C1=CC2=CC=C3CC=CC4=C3C2C(=C1)C=C4.CC(C)(C)C.CC(C)(C)C.CC(C)(C)C.CC(C)(C)C.CC(C)(C)C.c1ccc(C2(c3ccccc3)c3ccccc3-c3ccccc32)cc1.c1ccc2c(c1)-c1ccccc1C21c2ccccc2-c2ccccc21.c1ccc2c(c1)c1ccccc1c1ccccc21.c1ccc2cc3ccccc3cc2c1. The molecule has 15 aromatic rings. The van der Waals surface area contributed by atoms with E-state index >= 15 is 0 Å². The van der Waals surface area contributed by atoms with Crippen molar-refractivity contribution >= 4 is 53.9 Å². The van der Waals surface area contributed by atoms with Gasteiger partial charge in [-0.15, -0.1) is 0 Å². The van der Waals surface area contributed by atoms with Crippen LogP contribution in [0.5, 0.6) is 0 Å². The van der Waals surface area contributed by atoms with Crippen molar-refractivity contribution in [2.24, 2.45) is 33.0 Å². The van der Waals surface area contributed by atoms with Crippen LogP contribution in [0.4, 0.5) is 0 Å². The van der Waals surface area contributed by atoms with Crippen LogP contribution in [0.2, 0.25) is 0 Å². The molecule has 0 N–H and O–H groups in total. The molecule has 0 heterocycles. The lowest BCUT2D eigenvalue weighted by atomic mass is 9.68. The van der Waals surface area contributed by atoms with E-state index in [0.29, 0.717) is 33.0 Å².